The first kappa shape index (κ1) is 10.2. The van der Waals surface area contributed by atoms with Gasteiger partial charge in [0.05, 0.1) is 6.54 Å². The molecule has 2 atom stereocenters. The van der Waals surface area contributed by atoms with Crippen LogP contribution in [0.3, 0.4) is 0 Å². The maximum atomic E-state index is 12.0. The van der Waals surface area contributed by atoms with Crippen LogP contribution in [-0.4, -0.2) is 40.8 Å². The SMILES string of the molecule is O=C(CN1CC2CC1CS2)C1CCCC1. The molecule has 0 amide bonds. The van der Waals surface area contributed by atoms with Gasteiger partial charge in [-0.25, -0.2) is 0 Å². The molecule has 0 aromatic rings. The highest BCUT2D eigenvalue weighted by Crippen LogP contribution is 2.37. The Morgan fingerprint density at radius 1 is 1.33 bits per heavy atom. The van der Waals surface area contributed by atoms with Gasteiger partial charge in [-0.05, 0) is 19.3 Å². The Balaban J connectivity index is 1.54. The molecule has 0 aromatic carbocycles. The quantitative estimate of drug-likeness (QED) is 0.732. The fourth-order valence-corrected chi connectivity index (χ4v) is 4.75. The van der Waals surface area contributed by atoms with Crippen LogP contribution in [0.5, 0.6) is 0 Å². The van der Waals surface area contributed by atoms with E-state index in [0.29, 0.717) is 11.7 Å². The highest BCUT2D eigenvalue weighted by Gasteiger charge is 2.39. The van der Waals surface area contributed by atoms with Crippen molar-refractivity contribution in [2.75, 3.05) is 18.8 Å². The lowest BCUT2D eigenvalue weighted by molar-refractivity contribution is -0.124. The normalized spacial score (nSPS) is 36.5. The average Bonchev–Trinajstić information content (AvgIpc) is 2.95. The number of carbonyl (C=O) groups excluding carboxylic acids is 1. The predicted molar refractivity (Wildman–Crippen MR) is 63.2 cm³/mol. The van der Waals surface area contributed by atoms with E-state index in [1.54, 1.807) is 0 Å². The molecule has 15 heavy (non-hydrogen) atoms. The van der Waals surface area contributed by atoms with E-state index in [4.69, 9.17) is 0 Å². The maximum Gasteiger partial charge on any atom is 0.149 e. The molecule has 2 heterocycles. The third-order valence-electron chi connectivity index (χ3n) is 4.18. The molecule has 3 aliphatic rings. The number of rotatable bonds is 3. The molecule has 1 saturated carbocycles. The molecule has 0 radical (unpaired) electrons. The number of Topliss-reactive ketones (excluding diaryl/α,β-unsaturated/α-hetero) is 1. The highest BCUT2D eigenvalue weighted by molar-refractivity contribution is 8.00. The van der Waals surface area contributed by atoms with Gasteiger partial charge >= 0.3 is 0 Å². The molecule has 2 saturated heterocycles. The highest BCUT2D eigenvalue weighted by atomic mass is 32.2. The van der Waals surface area contributed by atoms with Crippen molar-refractivity contribution < 1.29 is 4.79 Å². The van der Waals surface area contributed by atoms with E-state index in [1.807, 2.05) is 0 Å². The number of nitrogens with zero attached hydrogens (tertiary/aromatic N) is 1. The lowest BCUT2D eigenvalue weighted by Crippen LogP contribution is -2.39. The van der Waals surface area contributed by atoms with E-state index < -0.39 is 0 Å². The molecule has 0 N–H and O–H groups in total. The van der Waals surface area contributed by atoms with Crippen molar-refractivity contribution in [3.05, 3.63) is 0 Å². The summed E-state index contributed by atoms with van der Waals surface area (Å²) < 4.78 is 0. The maximum absolute atomic E-state index is 12.0. The molecule has 1 aliphatic carbocycles. The van der Waals surface area contributed by atoms with Crippen LogP contribution in [-0.2, 0) is 4.79 Å². The Morgan fingerprint density at radius 3 is 2.73 bits per heavy atom. The van der Waals surface area contributed by atoms with E-state index >= 15 is 0 Å². The zero-order valence-corrected chi connectivity index (χ0v) is 9.97. The first-order chi connectivity index (χ1) is 7.33. The second kappa shape index (κ2) is 4.10. The Hall–Kier alpha value is -0.0200. The smallest absolute Gasteiger partial charge is 0.149 e. The Bertz CT molecular complexity index is 262. The lowest BCUT2D eigenvalue weighted by atomic mass is 10.0. The van der Waals surface area contributed by atoms with Crippen molar-refractivity contribution in [3.8, 4) is 0 Å². The Labute approximate surface area is 95.8 Å². The van der Waals surface area contributed by atoms with E-state index in [-0.39, 0.29) is 0 Å². The fraction of sp³-hybridized carbons (Fsp3) is 0.917. The van der Waals surface area contributed by atoms with Crippen LogP contribution in [0, 0.1) is 5.92 Å². The topological polar surface area (TPSA) is 20.3 Å². The van der Waals surface area contributed by atoms with Crippen molar-refractivity contribution in [1.82, 2.24) is 4.90 Å². The molecule has 2 bridgehead atoms. The van der Waals surface area contributed by atoms with Gasteiger partial charge in [0.15, 0.2) is 0 Å². The van der Waals surface area contributed by atoms with Crippen molar-refractivity contribution in [3.63, 3.8) is 0 Å². The second-order valence-corrected chi connectivity index (χ2v) is 6.56. The van der Waals surface area contributed by atoms with Crippen LogP contribution in [0.25, 0.3) is 0 Å². The van der Waals surface area contributed by atoms with Gasteiger partial charge < -0.3 is 0 Å². The van der Waals surface area contributed by atoms with Crippen LogP contribution >= 0.6 is 11.8 Å². The van der Waals surface area contributed by atoms with Gasteiger partial charge in [0, 0.05) is 29.5 Å². The van der Waals surface area contributed by atoms with Crippen LogP contribution in [0.4, 0.5) is 0 Å². The van der Waals surface area contributed by atoms with Crippen molar-refractivity contribution in [2.45, 2.75) is 43.4 Å². The predicted octanol–water partition coefficient (Wildman–Crippen LogP) is 1.94. The average molecular weight is 225 g/mol. The molecule has 3 heteroatoms. The van der Waals surface area contributed by atoms with Gasteiger partial charge in [0.2, 0.25) is 0 Å². The molecule has 0 aromatic heterocycles. The third-order valence-corrected chi connectivity index (χ3v) is 5.57. The summed E-state index contributed by atoms with van der Waals surface area (Å²) in [5, 5.41) is 0.839. The first-order valence-electron chi connectivity index (χ1n) is 6.21. The molecular formula is C12H19NOS. The summed E-state index contributed by atoms with van der Waals surface area (Å²) in [5.74, 6) is 2.21. The zero-order valence-electron chi connectivity index (χ0n) is 9.15. The summed E-state index contributed by atoms with van der Waals surface area (Å²) in [6, 6.07) is 0.727. The number of thioether (sulfide) groups is 1. The summed E-state index contributed by atoms with van der Waals surface area (Å²) in [6.07, 6.45) is 6.21. The summed E-state index contributed by atoms with van der Waals surface area (Å²) in [6.45, 7) is 1.93. The first-order valence-corrected chi connectivity index (χ1v) is 7.26. The standard InChI is InChI=1S/C12H19NOS/c14-12(9-3-1-2-4-9)7-13-6-11-5-10(13)8-15-11/h9-11H,1-8H2. The van der Waals surface area contributed by atoms with E-state index in [9.17, 15) is 4.79 Å². The number of likely N-dealkylation sites (tertiary alicyclic amines) is 1. The zero-order chi connectivity index (χ0) is 10.3. The van der Waals surface area contributed by atoms with Gasteiger partial charge in [-0.2, -0.15) is 11.8 Å². The number of ketones is 1. The van der Waals surface area contributed by atoms with Gasteiger partial charge in [0.1, 0.15) is 5.78 Å². The third kappa shape index (κ3) is 1.96. The van der Waals surface area contributed by atoms with E-state index in [0.717, 1.165) is 30.7 Å². The van der Waals surface area contributed by atoms with Crippen LogP contribution in [0.1, 0.15) is 32.1 Å². The van der Waals surface area contributed by atoms with E-state index in [2.05, 4.69) is 16.7 Å². The minimum absolute atomic E-state index is 0.414. The Morgan fingerprint density at radius 2 is 2.13 bits per heavy atom. The summed E-state index contributed by atoms with van der Waals surface area (Å²) in [7, 11) is 0. The Kier molecular flexibility index (Phi) is 2.77. The minimum atomic E-state index is 0.414. The molecular weight excluding hydrogens is 206 g/mol. The van der Waals surface area contributed by atoms with Crippen molar-refractivity contribution >= 4 is 17.5 Å². The van der Waals surface area contributed by atoms with Gasteiger partial charge in [-0.15, -0.1) is 0 Å². The largest absolute Gasteiger partial charge is 0.298 e. The minimum Gasteiger partial charge on any atom is -0.298 e. The second-order valence-electron chi connectivity index (χ2n) is 5.22. The molecule has 3 fully saturated rings. The number of fused-ring (bicyclic) bond motifs is 2. The van der Waals surface area contributed by atoms with Crippen molar-refractivity contribution in [1.29, 1.82) is 0 Å². The molecule has 2 unspecified atom stereocenters. The summed E-state index contributed by atoms with van der Waals surface area (Å²) in [4.78, 5) is 14.5. The summed E-state index contributed by atoms with van der Waals surface area (Å²) >= 11 is 2.10. The fourth-order valence-electron chi connectivity index (χ4n) is 3.25. The molecule has 3 rings (SSSR count). The summed E-state index contributed by atoms with van der Waals surface area (Å²) in [5.41, 5.74) is 0. The number of hydrogen-bond acceptors (Lipinski definition) is 3. The molecule has 0 spiro atoms. The molecule has 2 aliphatic heterocycles. The van der Waals surface area contributed by atoms with Gasteiger partial charge in [-0.3, -0.25) is 9.69 Å². The van der Waals surface area contributed by atoms with Crippen molar-refractivity contribution in [2.24, 2.45) is 5.92 Å². The van der Waals surface area contributed by atoms with E-state index in [1.165, 1.54) is 31.6 Å². The van der Waals surface area contributed by atoms with Gasteiger partial charge in [0.25, 0.3) is 0 Å². The number of carbonyl (C=O) groups is 1. The van der Waals surface area contributed by atoms with Gasteiger partial charge in [-0.1, -0.05) is 12.8 Å². The van der Waals surface area contributed by atoms with Crippen LogP contribution in [0.2, 0.25) is 0 Å². The lowest BCUT2D eigenvalue weighted by Gasteiger charge is -2.26. The molecule has 84 valence electrons. The van der Waals surface area contributed by atoms with Crippen LogP contribution < -0.4 is 0 Å². The molecule has 2 nitrogen and oxygen atoms in total. The van der Waals surface area contributed by atoms with Crippen LogP contribution in [0.15, 0.2) is 0 Å². The monoisotopic (exact) mass is 225 g/mol. The number of hydrogen-bond donors (Lipinski definition) is 0.